The van der Waals surface area contributed by atoms with Crippen LogP contribution in [-0.2, 0) is 6.42 Å². The number of phenols is 1. The molecule has 3 aromatic carbocycles. The van der Waals surface area contributed by atoms with E-state index in [-0.39, 0.29) is 23.8 Å². The lowest BCUT2D eigenvalue weighted by Gasteiger charge is -2.12. The van der Waals surface area contributed by atoms with Gasteiger partial charge in [-0.25, -0.2) is 4.39 Å². The molecule has 0 heterocycles. The van der Waals surface area contributed by atoms with Gasteiger partial charge in [0.2, 0.25) is 0 Å². The summed E-state index contributed by atoms with van der Waals surface area (Å²) in [5, 5.41) is 10.2. The van der Waals surface area contributed by atoms with E-state index in [2.05, 4.69) is 15.9 Å². The van der Waals surface area contributed by atoms with Gasteiger partial charge in [0.25, 0.3) is 0 Å². The van der Waals surface area contributed by atoms with Crippen LogP contribution in [-0.4, -0.2) is 10.9 Å². The molecule has 132 valence electrons. The Morgan fingerprint density at radius 3 is 2.38 bits per heavy atom. The van der Waals surface area contributed by atoms with E-state index in [9.17, 15) is 14.3 Å². The smallest absolute Gasteiger partial charge is 0.167 e. The average Bonchev–Trinajstić information content (AvgIpc) is 2.64. The van der Waals surface area contributed by atoms with E-state index < -0.39 is 0 Å². The lowest BCUT2D eigenvalue weighted by molar-refractivity contribution is 0.0979. The van der Waals surface area contributed by atoms with Crippen LogP contribution < -0.4 is 0 Å². The van der Waals surface area contributed by atoms with Crippen LogP contribution in [0.1, 0.15) is 27.9 Å². The van der Waals surface area contributed by atoms with Crippen LogP contribution in [0.4, 0.5) is 4.39 Å². The molecule has 3 rings (SSSR count). The number of halogens is 2. The van der Waals surface area contributed by atoms with Gasteiger partial charge in [-0.05, 0) is 58.1 Å². The monoisotopic (exact) mass is 412 g/mol. The molecule has 0 aliphatic carbocycles. The summed E-state index contributed by atoms with van der Waals surface area (Å²) in [6.45, 7) is 1.80. The van der Waals surface area contributed by atoms with Gasteiger partial charge in [-0.1, -0.05) is 48.5 Å². The zero-order valence-electron chi connectivity index (χ0n) is 14.3. The quantitative estimate of drug-likeness (QED) is 0.515. The van der Waals surface area contributed by atoms with E-state index >= 15 is 0 Å². The highest BCUT2D eigenvalue weighted by Gasteiger charge is 2.17. The molecule has 3 aromatic rings. The van der Waals surface area contributed by atoms with Gasteiger partial charge in [-0.3, -0.25) is 4.79 Å². The van der Waals surface area contributed by atoms with Gasteiger partial charge < -0.3 is 5.11 Å². The maximum atomic E-state index is 14.2. The standard InChI is InChI=1S/C22H18BrFO2/c1-14-10-12-18(23)22(26)21(14)20(25)13-11-15-6-2-3-7-16(15)17-8-4-5-9-19(17)24/h2-10,12,26H,11,13H2,1H3. The number of hydrogen-bond donors (Lipinski definition) is 1. The number of rotatable bonds is 5. The first-order valence-corrected chi connectivity index (χ1v) is 9.12. The first-order chi connectivity index (χ1) is 12.5. The van der Waals surface area contributed by atoms with Crippen molar-refractivity contribution < 1.29 is 14.3 Å². The minimum absolute atomic E-state index is 0.0302. The normalized spacial score (nSPS) is 10.7. The molecular weight excluding hydrogens is 395 g/mol. The Hall–Kier alpha value is -2.46. The van der Waals surface area contributed by atoms with Crippen LogP contribution in [0.5, 0.6) is 5.75 Å². The number of carbonyl (C=O) groups excluding carboxylic acids is 1. The van der Waals surface area contributed by atoms with Gasteiger partial charge in [0.05, 0.1) is 10.0 Å². The van der Waals surface area contributed by atoms with Crippen molar-refractivity contribution in [1.29, 1.82) is 0 Å². The lowest BCUT2D eigenvalue weighted by atomic mass is 9.93. The predicted molar refractivity (Wildman–Crippen MR) is 105 cm³/mol. The van der Waals surface area contributed by atoms with Crippen LogP contribution in [0.25, 0.3) is 11.1 Å². The molecule has 0 unspecified atom stereocenters. The average molecular weight is 413 g/mol. The lowest BCUT2D eigenvalue weighted by Crippen LogP contribution is -2.05. The molecule has 0 fully saturated rings. The maximum Gasteiger partial charge on any atom is 0.167 e. The third-order valence-corrected chi connectivity index (χ3v) is 5.06. The highest BCUT2D eigenvalue weighted by molar-refractivity contribution is 9.10. The number of ketones is 1. The second kappa shape index (κ2) is 7.83. The van der Waals surface area contributed by atoms with Crippen molar-refractivity contribution in [3.63, 3.8) is 0 Å². The third kappa shape index (κ3) is 3.70. The Labute approximate surface area is 160 Å². The van der Waals surface area contributed by atoms with E-state index in [1.807, 2.05) is 24.3 Å². The predicted octanol–water partition coefficient (Wildman–Crippen LogP) is 6.08. The van der Waals surface area contributed by atoms with Crippen LogP contribution in [0.15, 0.2) is 65.1 Å². The van der Waals surface area contributed by atoms with Gasteiger partial charge in [-0.15, -0.1) is 0 Å². The Morgan fingerprint density at radius 2 is 1.65 bits per heavy atom. The number of hydrogen-bond acceptors (Lipinski definition) is 2. The molecule has 26 heavy (non-hydrogen) atoms. The van der Waals surface area contributed by atoms with Crippen molar-refractivity contribution >= 4 is 21.7 Å². The second-order valence-electron chi connectivity index (χ2n) is 6.15. The minimum Gasteiger partial charge on any atom is -0.506 e. The molecule has 0 spiro atoms. The number of benzene rings is 3. The molecule has 0 saturated heterocycles. The minimum atomic E-state index is -0.285. The van der Waals surface area contributed by atoms with E-state index in [0.717, 1.165) is 16.7 Å². The zero-order valence-corrected chi connectivity index (χ0v) is 15.9. The summed E-state index contributed by atoms with van der Waals surface area (Å²) in [5.74, 6) is -0.450. The molecule has 0 aliphatic heterocycles. The fraction of sp³-hybridized carbons (Fsp3) is 0.136. The van der Waals surface area contributed by atoms with Crippen molar-refractivity contribution in [3.05, 3.63) is 87.6 Å². The van der Waals surface area contributed by atoms with Crippen LogP contribution in [0.2, 0.25) is 0 Å². The Bertz CT molecular complexity index is 966. The van der Waals surface area contributed by atoms with Gasteiger partial charge in [-0.2, -0.15) is 0 Å². The van der Waals surface area contributed by atoms with Crippen molar-refractivity contribution in [2.24, 2.45) is 0 Å². The number of aryl methyl sites for hydroxylation is 2. The van der Waals surface area contributed by atoms with Gasteiger partial charge in [0, 0.05) is 12.0 Å². The van der Waals surface area contributed by atoms with Crippen LogP contribution in [0.3, 0.4) is 0 Å². The second-order valence-corrected chi connectivity index (χ2v) is 7.00. The Kier molecular flexibility index (Phi) is 5.52. The number of phenolic OH excluding ortho intramolecular Hbond substituents is 1. The Morgan fingerprint density at radius 1 is 1.00 bits per heavy atom. The summed E-state index contributed by atoms with van der Waals surface area (Å²) < 4.78 is 14.7. The number of aromatic hydroxyl groups is 1. The summed E-state index contributed by atoms with van der Waals surface area (Å²) in [6, 6.07) is 17.6. The molecule has 0 atom stereocenters. The maximum absolute atomic E-state index is 14.2. The summed E-state index contributed by atoms with van der Waals surface area (Å²) in [7, 11) is 0. The molecule has 0 bridgehead atoms. The van der Waals surface area contributed by atoms with E-state index in [1.54, 1.807) is 37.3 Å². The third-order valence-electron chi connectivity index (χ3n) is 4.42. The zero-order chi connectivity index (χ0) is 18.7. The summed E-state index contributed by atoms with van der Waals surface area (Å²) in [6.07, 6.45) is 0.699. The molecule has 0 aliphatic rings. The van der Waals surface area contributed by atoms with Crippen LogP contribution in [0, 0.1) is 12.7 Å². The topological polar surface area (TPSA) is 37.3 Å². The SMILES string of the molecule is Cc1ccc(Br)c(O)c1C(=O)CCc1ccccc1-c1ccccc1F. The summed E-state index contributed by atoms with van der Waals surface area (Å²) in [4.78, 5) is 12.7. The van der Waals surface area contributed by atoms with Gasteiger partial charge in [0.1, 0.15) is 11.6 Å². The molecule has 0 saturated carbocycles. The van der Waals surface area contributed by atoms with Crippen molar-refractivity contribution in [1.82, 2.24) is 0 Å². The molecule has 0 aromatic heterocycles. The van der Waals surface area contributed by atoms with Crippen LogP contribution >= 0.6 is 15.9 Å². The molecular formula is C22H18BrFO2. The van der Waals surface area contributed by atoms with Crippen molar-refractivity contribution in [3.8, 4) is 16.9 Å². The molecule has 1 N–H and O–H groups in total. The van der Waals surface area contributed by atoms with E-state index in [0.29, 0.717) is 22.0 Å². The highest BCUT2D eigenvalue weighted by atomic mass is 79.9. The highest BCUT2D eigenvalue weighted by Crippen LogP contribution is 2.32. The largest absolute Gasteiger partial charge is 0.506 e. The van der Waals surface area contributed by atoms with E-state index in [4.69, 9.17) is 0 Å². The van der Waals surface area contributed by atoms with E-state index in [1.165, 1.54) is 6.07 Å². The fourth-order valence-corrected chi connectivity index (χ4v) is 3.40. The molecule has 0 amide bonds. The molecule has 4 heteroatoms. The molecule has 2 nitrogen and oxygen atoms in total. The number of carbonyl (C=O) groups is 1. The van der Waals surface area contributed by atoms with Gasteiger partial charge in [0.15, 0.2) is 5.78 Å². The fourth-order valence-electron chi connectivity index (χ4n) is 3.07. The van der Waals surface area contributed by atoms with Crippen molar-refractivity contribution in [2.45, 2.75) is 19.8 Å². The van der Waals surface area contributed by atoms with Gasteiger partial charge >= 0.3 is 0 Å². The summed E-state index contributed by atoms with van der Waals surface area (Å²) >= 11 is 3.25. The Balaban J connectivity index is 1.87. The summed E-state index contributed by atoms with van der Waals surface area (Å²) in [5.41, 5.74) is 3.28. The first kappa shape index (κ1) is 18.3. The molecule has 0 radical (unpaired) electrons. The van der Waals surface area contributed by atoms with Crippen molar-refractivity contribution in [2.75, 3.05) is 0 Å². The first-order valence-electron chi connectivity index (χ1n) is 8.33. The number of Topliss-reactive ketones (excluding diaryl/α,β-unsaturated/α-hetero) is 1.